The number of fused-ring (bicyclic) bond motifs is 1. The molecule has 5 atom stereocenters. The van der Waals surface area contributed by atoms with Crippen molar-refractivity contribution in [3.05, 3.63) is 54.1 Å². The molecule has 2 aromatic carbocycles. The average Bonchev–Trinajstić information content (AvgIpc) is 3.24. The van der Waals surface area contributed by atoms with Crippen molar-refractivity contribution >= 4 is 28.5 Å². The molecule has 0 radical (unpaired) electrons. The van der Waals surface area contributed by atoms with Crippen LogP contribution in [0.3, 0.4) is 0 Å². The van der Waals surface area contributed by atoms with E-state index in [9.17, 15) is 15.0 Å². The van der Waals surface area contributed by atoms with E-state index in [1.165, 1.54) is 11.8 Å². The van der Waals surface area contributed by atoms with Crippen LogP contribution in [0.4, 0.5) is 5.69 Å². The minimum absolute atomic E-state index is 0.176. The van der Waals surface area contributed by atoms with E-state index in [4.69, 9.17) is 9.47 Å². The standard InChI is InChI=1S/C23H27N3O5S/c1-30-15-9-7-14(8-10-15)25-23-26-19-20(28)17(27)11-16(21(19)32-23)22(29)24-12-13-5-3-4-6-18(13)31-2/h3-10,16-17,19-21,27-28H,11-12H2,1-2H3,(H,24,29)(H,25,26)/t16-,17+,19+,20-,21+/m0/s1. The molecule has 1 saturated carbocycles. The fourth-order valence-electron chi connectivity index (χ4n) is 4.07. The number of nitrogens with zero attached hydrogens (tertiary/aromatic N) is 1. The summed E-state index contributed by atoms with van der Waals surface area (Å²) in [6.45, 7) is 0.317. The second-order valence-electron chi connectivity index (χ2n) is 7.79. The first-order valence-corrected chi connectivity index (χ1v) is 11.3. The molecule has 4 N–H and O–H groups in total. The molecule has 0 bridgehead atoms. The van der Waals surface area contributed by atoms with E-state index in [2.05, 4.69) is 15.6 Å². The number of aliphatic imine (C=N–C) groups is 1. The molecule has 9 heteroatoms. The lowest BCUT2D eigenvalue weighted by Crippen LogP contribution is -2.53. The summed E-state index contributed by atoms with van der Waals surface area (Å²) >= 11 is 1.42. The van der Waals surface area contributed by atoms with Gasteiger partial charge in [0.2, 0.25) is 5.91 Å². The molecule has 0 spiro atoms. The predicted molar refractivity (Wildman–Crippen MR) is 124 cm³/mol. The Kier molecular flexibility index (Phi) is 6.88. The molecule has 8 nitrogen and oxygen atoms in total. The van der Waals surface area contributed by atoms with Gasteiger partial charge in [-0.2, -0.15) is 0 Å². The van der Waals surface area contributed by atoms with Crippen LogP contribution in [0, 0.1) is 5.92 Å². The number of carbonyl (C=O) groups excluding carboxylic acids is 1. The number of rotatable bonds is 6. The number of benzene rings is 2. The number of anilines is 1. The maximum Gasteiger partial charge on any atom is 0.224 e. The first-order chi connectivity index (χ1) is 15.5. The Morgan fingerprint density at radius 1 is 1.12 bits per heavy atom. The Balaban J connectivity index is 1.44. The number of hydrogen-bond acceptors (Lipinski definition) is 8. The lowest BCUT2D eigenvalue weighted by atomic mass is 9.81. The molecule has 0 aromatic heterocycles. The summed E-state index contributed by atoms with van der Waals surface area (Å²) < 4.78 is 10.5. The number of aliphatic hydroxyl groups is 2. The van der Waals surface area contributed by atoms with Gasteiger partial charge >= 0.3 is 0 Å². The number of methoxy groups -OCH3 is 2. The molecule has 1 heterocycles. The van der Waals surface area contributed by atoms with Crippen molar-refractivity contribution in [2.45, 2.75) is 36.5 Å². The van der Waals surface area contributed by atoms with Gasteiger partial charge in [0.1, 0.15) is 17.6 Å². The van der Waals surface area contributed by atoms with Gasteiger partial charge in [0.25, 0.3) is 0 Å². The molecule has 170 valence electrons. The van der Waals surface area contributed by atoms with Gasteiger partial charge in [-0.15, -0.1) is 0 Å². The zero-order valence-electron chi connectivity index (χ0n) is 17.9. The van der Waals surface area contributed by atoms with E-state index in [0.717, 1.165) is 17.0 Å². The number of carbonyl (C=O) groups is 1. The van der Waals surface area contributed by atoms with E-state index in [-0.39, 0.29) is 17.6 Å². The van der Waals surface area contributed by atoms with Gasteiger partial charge < -0.3 is 30.3 Å². The van der Waals surface area contributed by atoms with Gasteiger partial charge in [-0.25, -0.2) is 0 Å². The monoisotopic (exact) mass is 457 g/mol. The van der Waals surface area contributed by atoms with Crippen LogP contribution in [0.5, 0.6) is 11.5 Å². The maximum absolute atomic E-state index is 13.1. The largest absolute Gasteiger partial charge is 0.497 e. The highest BCUT2D eigenvalue weighted by molar-refractivity contribution is 8.15. The molecule has 1 aliphatic carbocycles. The van der Waals surface area contributed by atoms with Crippen molar-refractivity contribution in [3.63, 3.8) is 0 Å². The summed E-state index contributed by atoms with van der Waals surface area (Å²) in [6, 6.07) is 14.3. The van der Waals surface area contributed by atoms with E-state index >= 15 is 0 Å². The zero-order valence-corrected chi connectivity index (χ0v) is 18.7. The van der Waals surface area contributed by atoms with Crippen molar-refractivity contribution in [3.8, 4) is 11.5 Å². The van der Waals surface area contributed by atoms with Crippen molar-refractivity contribution in [2.24, 2.45) is 10.9 Å². The lowest BCUT2D eigenvalue weighted by Gasteiger charge is -2.37. The van der Waals surface area contributed by atoms with Crippen LogP contribution in [-0.4, -0.2) is 59.0 Å². The van der Waals surface area contributed by atoms with E-state index in [1.54, 1.807) is 14.2 Å². The van der Waals surface area contributed by atoms with Crippen LogP contribution >= 0.6 is 11.8 Å². The molecule has 1 aliphatic heterocycles. The third-order valence-electron chi connectivity index (χ3n) is 5.81. The van der Waals surface area contributed by atoms with Gasteiger partial charge in [-0.05, 0) is 36.8 Å². The molecule has 2 aliphatic rings. The molecule has 4 rings (SSSR count). The molecular formula is C23H27N3O5S. The lowest BCUT2D eigenvalue weighted by molar-refractivity contribution is -0.129. The van der Waals surface area contributed by atoms with Crippen molar-refractivity contribution in [1.82, 2.24) is 5.32 Å². The Morgan fingerprint density at radius 2 is 1.88 bits per heavy atom. The summed E-state index contributed by atoms with van der Waals surface area (Å²) in [6.07, 6.45) is -1.85. The highest BCUT2D eigenvalue weighted by atomic mass is 32.2. The topological polar surface area (TPSA) is 112 Å². The summed E-state index contributed by atoms with van der Waals surface area (Å²) in [5.74, 6) is 0.784. The summed E-state index contributed by atoms with van der Waals surface area (Å²) in [5.41, 5.74) is 1.69. The fraction of sp³-hybridized carbons (Fsp3) is 0.391. The number of hydrogen-bond donors (Lipinski definition) is 4. The molecule has 0 saturated heterocycles. The van der Waals surface area contributed by atoms with Gasteiger partial charge in [-0.3, -0.25) is 9.79 Å². The Labute approximate surface area is 191 Å². The van der Waals surface area contributed by atoms with Crippen LogP contribution < -0.4 is 20.1 Å². The third kappa shape index (κ3) is 4.69. The summed E-state index contributed by atoms with van der Waals surface area (Å²) in [4.78, 5) is 17.6. The van der Waals surface area contributed by atoms with E-state index < -0.39 is 24.2 Å². The van der Waals surface area contributed by atoms with Crippen molar-refractivity contribution < 1.29 is 24.5 Å². The van der Waals surface area contributed by atoms with Crippen molar-refractivity contribution in [2.75, 3.05) is 19.5 Å². The van der Waals surface area contributed by atoms with Gasteiger partial charge in [-0.1, -0.05) is 30.0 Å². The molecule has 32 heavy (non-hydrogen) atoms. The number of nitrogens with one attached hydrogen (secondary N) is 2. The van der Waals surface area contributed by atoms with Crippen LogP contribution in [0.1, 0.15) is 12.0 Å². The predicted octanol–water partition coefficient (Wildman–Crippen LogP) is 2.01. The smallest absolute Gasteiger partial charge is 0.224 e. The summed E-state index contributed by atoms with van der Waals surface area (Å²) in [5, 5.41) is 27.4. The quantitative estimate of drug-likeness (QED) is 0.525. The molecule has 2 aromatic rings. The zero-order chi connectivity index (χ0) is 22.7. The van der Waals surface area contributed by atoms with Crippen LogP contribution in [0.25, 0.3) is 0 Å². The molecule has 1 fully saturated rings. The first-order valence-electron chi connectivity index (χ1n) is 10.4. The highest BCUT2D eigenvalue weighted by Crippen LogP contribution is 2.41. The number of thioether (sulfide) groups is 1. The van der Waals surface area contributed by atoms with Gasteiger partial charge in [0.15, 0.2) is 5.17 Å². The molecule has 1 amide bonds. The van der Waals surface area contributed by atoms with Gasteiger partial charge in [0.05, 0.1) is 32.3 Å². The Bertz CT molecular complexity index is 984. The highest BCUT2D eigenvalue weighted by Gasteiger charge is 2.50. The van der Waals surface area contributed by atoms with Gasteiger partial charge in [0, 0.05) is 23.0 Å². The van der Waals surface area contributed by atoms with Crippen LogP contribution in [0.2, 0.25) is 0 Å². The van der Waals surface area contributed by atoms with E-state index in [0.29, 0.717) is 17.5 Å². The normalized spacial score (nSPS) is 26.6. The molecule has 0 unspecified atom stereocenters. The first kappa shape index (κ1) is 22.4. The van der Waals surface area contributed by atoms with Crippen molar-refractivity contribution in [1.29, 1.82) is 0 Å². The number of para-hydroxylation sites is 1. The SMILES string of the molecule is COc1ccc(NC2=N[C@@H]3[C@@H](O)[C@H](O)C[C@H](C(=O)NCc4ccccc4OC)[C@H]3S2)cc1. The number of ether oxygens (including phenoxy) is 2. The minimum Gasteiger partial charge on any atom is -0.497 e. The fourth-order valence-corrected chi connectivity index (χ4v) is 5.45. The van der Waals surface area contributed by atoms with Crippen LogP contribution in [0.15, 0.2) is 53.5 Å². The third-order valence-corrected chi connectivity index (χ3v) is 7.12. The van der Waals surface area contributed by atoms with E-state index in [1.807, 2.05) is 48.5 Å². The maximum atomic E-state index is 13.1. The summed E-state index contributed by atoms with van der Waals surface area (Å²) in [7, 11) is 3.20. The number of amidine groups is 1. The average molecular weight is 458 g/mol. The molecular weight excluding hydrogens is 430 g/mol. The second kappa shape index (κ2) is 9.81. The second-order valence-corrected chi connectivity index (χ2v) is 8.96. The Morgan fingerprint density at radius 3 is 2.59 bits per heavy atom. The number of aliphatic hydroxyl groups excluding tert-OH is 2. The Hall–Kier alpha value is -2.75. The minimum atomic E-state index is -1.01. The van der Waals surface area contributed by atoms with Crippen LogP contribution in [-0.2, 0) is 11.3 Å². The number of amides is 1.